The van der Waals surface area contributed by atoms with Gasteiger partial charge in [0.1, 0.15) is 12.6 Å². The van der Waals surface area contributed by atoms with Gasteiger partial charge in [0.2, 0.25) is 11.8 Å². The molecule has 0 saturated carbocycles. The number of hydrogen-bond acceptors (Lipinski definition) is 6. The van der Waals surface area contributed by atoms with Crippen LogP contribution in [-0.4, -0.2) is 60.4 Å². The van der Waals surface area contributed by atoms with Gasteiger partial charge in [-0.25, -0.2) is 0 Å². The molecule has 1 aromatic carbocycles. The van der Waals surface area contributed by atoms with Gasteiger partial charge in [0, 0.05) is 25.2 Å². The molecule has 138 valence electrons. The third-order valence-electron chi connectivity index (χ3n) is 5.04. The van der Waals surface area contributed by atoms with Crippen LogP contribution in [0, 0.1) is 12.3 Å². The number of ether oxygens (including phenoxy) is 1. The molecule has 1 N–H and O–H groups in total. The summed E-state index contributed by atoms with van der Waals surface area (Å²) in [6.07, 6.45) is 5.46. The van der Waals surface area contributed by atoms with Crippen molar-refractivity contribution in [3.05, 3.63) is 29.3 Å². The fourth-order valence-electron chi connectivity index (χ4n) is 3.58. The van der Waals surface area contributed by atoms with E-state index < -0.39 is 29.7 Å². The number of piperidine rings is 1. The normalized spacial score (nSPS) is 22.4. The molecule has 0 bridgehead atoms. The predicted molar refractivity (Wildman–Crippen MR) is 93.9 cm³/mol. The van der Waals surface area contributed by atoms with Crippen LogP contribution >= 0.6 is 0 Å². The molecular formula is C19H17N3O5. The summed E-state index contributed by atoms with van der Waals surface area (Å²) in [5, 5.41) is 2.18. The van der Waals surface area contributed by atoms with Crippen molar-refractivity contribution in [2.24, 2.45) is 0 Å². The van der Waals surface area contributed by atoms with Gasteiger partial charge >= 0.3 is 0 Å². The molecule has 0 radical (unpaired) electrons. The highest BCUT2D eigenvalue weighted by molar-refractivity contribution is 6.23. The van der Waals surface area contributed by atoms with Gasteiger partial charge in [-0.1, -0.05) is 5.92 Å². The number of carbonyl (C=O) groups excluding carboxylic acids is 4. The molecule has 27 heavy (non-hydrogen) atoms. The van der Waals surface area contributed by atoms with Crippen molar-refractivity contribution in [1.82, 2.24) is 10.2 Å². The van der Waals surface area contributed by atoms with Gasteiger partial charge < -0.3 is 9.64 Å². The minimum atomic E-state index is -0.955. The van der Waals surface area contributed by atoms with Crippen LogP contribution in [0.5, 0.6) is 0 Å². The zero-order valence-electron chi connectivity index (χ0n) is 14.4. The van der Waals surface area contributed by atoms with E-state index in [1.54, 1.807) is 18.2 Å². The van der Waals surface area contributed by atoms with Gasteiger partial charge in [0.15, 0.2) is 0 Å². The Morgan fingerprint density at radius 3 is 2.59 bits per heavy atom. The molecule has 4 amide bonds. The van der Waals surface area contributed by atoms with Gasteiger partial charge in [0.05, 0.1) is 17.2 Å². The minimum Gasteiger partial charge on any atom is -0.366 e. The summed E-state index contributed by atoms with van der Waals surface area (Å²) in [6.45, 7) is 1.56. The molecule has 3 heterocycles. The van der Waals surface area contributed by atoms with Gasteiger partial charge in [-0.15, -0.1) is 6.42 Å². The van der Waals surface area contributed by atoms with Crippen LogP contribution in [0.1, 0.15) is 33.6 Å². The maximum absolute atomic E-state index is 12.8. The van der Waals surface area contributed by atoms with Crippen molar-refractivity contribution in [3.63, 3.8) is 0 Å². The number of carbonyl (C=O) groups is 4. The maximum Gasteiger partial charge on any atom is 0.262 e. The molecule has 0 aliphatic carbocycles. The van der Waals surface area contributed by atoms with E-state index in [1.165, 1.54) is 0 Å². The lowest BCUT2D eigenvalue weighted by Crippen LogP contribution is -2.54. The molecule has 8 nitrogen and oxygen atoms in total. The fourth-order valence-corrected chi connectivity index (χ4v) is 3.58. The predicted octanol–water partition coefficient (Wildman–Crippen LogP) is -0.0738. The van der Waals surface area contributed by atoms with Crippen LogP contribution in [0.15, 0.2) is 18.2 Å². The van der Waals surface area contributed by atoms with E-state index in [0.29, 0.717) is 13.1 Å². The number of fused-ring (bicyclic) bond motifs is 1. The van der Waals surface area contributed by atoms with E-state index in [2.05, 4.69) is 11.2 Å². The highest BCUT2D eigenvalue weighted by Gasteiger charge is 2.45. The molecular weight excluding hydrogens is 350 g/mol. The highest BCUT2D eigenvalue weighted by Crippen LogP contribution is 2.32. The van der Waals surface area contributed by atoms with Gasteiger partial charge in [-0.3, -0.25) is 29.4 Å². The summed E-state index contributed by atoms with van der Waals surface area (Å²) in [6, 6.07) is 4.09. The van der Waals surface area contributed by atoms with E-state index in [4.69, 9.17) is 11.2 Å². The van der Waals surface area contributed by atoms with E-state index in [9.17, 15) is 19.2 Å². The number of hydrogen-bond donors (Lipinski definition) is 1. The topological polar surface area (TPSA) is 96.0 Å². The molecule has 2 fully saturated rings. The standard InChI is InChI=1S/C19H17N3O5/c1-2-7-27-12-9-21(10-12)11-3-4-13-14(8-11)19(26)22(18(13)25)15-5-6-16(23)20-17(15)24/h1,3-4,8,12,15H,5-7,9-10H2,(H,20,23,24). The van der Waals surface area contributed by atoms with Crippen molar-refractivity contribution in [1.29, 1.82) is 0 Å². The average Bonchev–Trinajstić information content (AvgIpc) is 2.85. The van der Waals surface area contributed by atoms with E-state index in [-0.39, 0.29) is 36.7 Å². The van der Waals surface area contributed by atoms with Crippen molar-refractivity contribution < 1.29 is 23.9 Å². The molecule has 8 heteroatoms. The second-order valence-corrected chi connectivity index (χ2v) is 6.72. The summed E-state index contributed by atoms with van der Waals surface area (Å²) >= 11 is 0. The molecule has 3 aliphatic heterocycles. The maximum atomic E-state index is 12.8. The zero-order valence-corrected chi connectivity index (χ0v) is 14.4. The molecule has 4 rings (SSSR count). The number of amides is 4. The number of nitrogens with one attached hydrogen (secondary N) is 1. The molecule has 1 aromatic rings. The smallest absolute Gasteiger partial charge is 0.262 e. The Morgan fingerprint density at radius 1 is 1.15 bits per heavy atom. The Kier molecular flexibility index (Phi) is 4.16. The third kappa shape index (κ3) is 2.86. The first-order valence-corrected chi connectivity index (χ1v) is 8.65. The second kappa shape index (κ2) is 6.52. The summed E-state index contributed by atoms with van der Waals surface area (Å²) in [5.41, 5.74) is 1.35. The highest BCUT2D eigenvalue weighted by atomic mass is 16.5. The summed E-state index contributed by atoms with van der Waals surface area (Å²) in [5.74, 6) is 0.406. The van der Waals surface area contributed by atoms with E-state index in [0.717, 1.165) is 10.6 Å². The van der Waals surface area contributed by atoms with E-state index in [1.807, 2.05) is 4.90 Å². The van der Waals surface area contributed by atoms with Crippen LogP contribution < -0.4 is 10.2 Å². The number of rotatable bonds is 4. The monoisotopic (exact) mass is 367 g/mol. The fraction of sp³-hybridized carbons (Fsp3) is 0.368. The second-order valence-electron chi connectivity index (χ2n) is 6.72. The first-order chi connectivity index (χ1) is 13.0. The Labute approximate surface area is 155 Å². The lowest BCUT2D eigenvalue weighted by Gasteiger charge is -2.40. The summed E-state index contributed by atoms with van der Waals surface area (Å²) < 4.78 is 5.45. The molecule has 1 unspecified atom stereocenters. The Balaban J connectivity index is 1.52. The van der Waals surface area contributed by atoms with Crippen LogP contribution in [0.4, 0.5) is 5.69 Å². The molecule has 0 aromatic heterocycles. The molecule has 1 atom stereocenters. The van der Waals surface area contributed by atoms with Crippen molar-refractivity contribution >= 4 is 29.3 Å². The lowest BCUT2D eigenvalue weighted by atomic mass is 10.0. The van der Waals surface area contributed by atoms with Crippen LogP contribution in [0.3, 0.4) is 0 Å². The summed E-state index contributed by atoms with van der Waals surface area (Å²) in [7, 11) is 0. The van der Waals surface area contributed by atoms with Gasteiger partial charge in [-0.05, 0) is 24.6 Å². The first kappa shape index (κ1) is 17.2. The molecule has 3 aliphatic rings. The van der Waals surface area contributed by atoms with Crippen molar-refractivity contribution in [3.8, 4) is 12.3 Å². The quantitative estimate of drug-likeness (QED) is 0.591. The van der Waals surface area contributed by atoms with Gasteiger partial charge in [0.25, 0.3) is 11.8 Å². The zero-order chi connectivity index (χ0) is 19.1. The largest absolute Gasteiger partial charge is 0.366 e. The SMILES string of the molecule is C#CCOC1CN(c2ccc3c(c2)C(=O)N(C2CCC(=O)NC2=O)C3=O)C1. The third-order valence-corrected chi connectivity index (χ3v) is 5.04. The Bertz CT molecular complexity index is 897. The minimum absolute atomic E-state index is 0.0478. The number of benzene rings is 1. The van der Waals surface area contributed by atoms with Crippen LogP contribution in [0.25, 0.3) is 0 Å². The number of imide groups is 2. The lowest BCUT2D eigenvalue weighted by molar-refractivity contribution is -0.136. The van der Waals surface area contributed by atoms with Crippen molar-refractivity contribution in [2.45, 2.75) is 25.0 Å². The average molecular weight is 367 g/mol. The van der Waals surface area contributed by atoms with E-state index >= 15 is 0 Å². The summed E-state index contributed by atoms with van der Waals surface area (Å²) in [4.78, 5) is 51.8. The van der Waals surface area contributed by atoms with Crippen LogP contribution in [0.2, 0.25) is 0 Å². The first-order valence-electron chi connectivity index (χ1n) is 8.65. The number of nitrogens with zero attached hydrogens (tertiary/aromatic N) is 2. The van der Waals surface area contributed by atoms with Crippen LogP contribution in [-0.2, 0) is 14.3 Å². The number of terminal acetylenes is 1. The number of anilines is 1. The van der Waals surface area contributed by atoms with Crippen molar-refractivity contribution in [2.75, 3.05) is 24.6 Å². The molecule has 2 saturated heterocycles. The van der Waals surface area contributed by atoms with Gasteiger partial charge in [-0.2, -0.15) is 0 Å². The Hall–Kier alpha value is -3.18. The molecule has 0 spiro atoms. The Morgan fingerprint density at radius 2 is 1.89 bits per heavy atom.